The Morgan fingerprint density at radius 1 is 0.875 bits per heavy atom. The lowest BCUT2D eigenvalue weighted by molar-refractivity contribution is -0.274. The first-order chi connectivity index (χ1) is 18.9. The van der Waals surface area contributed by atoms with Gasteiger partial charge in [-0.3, -0.25) is 0 Å². The molecule has 0 amide bonds. The van der Waals surface area contributed by atoms with Crippen molar-refractivity contribution in [3.63, 3.8) is 0 Å². The summed E-state index contributed by atoms with van der Waals surface area (Å²) in [7, 11) is 0. The number of carbonyl (C=O) groups is 2. The van der Waals surface area contributed by atoms with Gasteiger partial charge in [0, 0.05) is 27.5 Å². The van der Waals surface area contributed by atoms with E-state index in [0.29, 0.717) is 34.8 Å². The van der Waals surface area contributed by atoms with E-state index < -0.39 is 35.6 Å². The average Bonchev–Trinajstić information content (AvgIpc) is 3.27. The zero-order valence-corrected chi connectivity index (χ0v) is 22.4. The number of aryl methyl sites for hydroxylation is 1. The normalized spacial score (nSPS) is 11.4. The maximum Gasteiger partial charge on any atom is 0.573 e. The molecule has 0 atom stereocenters. The van der Waals surface area contributed by atoms with Crippen LogP contribution in [0.1, 0.15) is 25.8 Å². The van der Waals surface area contributed by atoms with E-state index in [1.54, 1.807) is 31.2 Å². The number of esters is 2. The van der Waals surface area contributed by atoms with Crippen molar-refractivity contribution in [2.75, 3.05) is 6.61 Å². The van der Waals surface area contributed by atoms with Crippen molar-refractivity contribution in [3.05, 3.63) is 84.2 Å². The minimum Gasteiger partial charge on any atom is -0.462 e. The molecule has 0 N–H and O–H groups in total. The molecule has 0 saturated heterocycles. The van der Waals surface area contributed by atoms with Gasteiger partial charge >= 0.3 is 18.3 Å². The number of carbonyl (C=O) groups excluding carboxylic acids is 2. The van der Waals surface area contributed by atoms with Crippen LogP contribution in [0.5, 0.6) is 11.5 Å². The lowest BCUT2D eigenvalue weighted by Gasteiger charge is -2.14. The second kappa shape index (κ2) is 11.5. The predicted octanol–water partition coefficient (Wildman–Crippen LogP) is 8.29. The number of benzene rings is 3. The topological polar surface area (TPSA) is 61.8 Å². The minimum absolute atomic E-state index is 0.0117. The molecule has 4 rings (SSSR count). The van der Waals surface area contributed by atoms with Gasteiger partial charge in [0.1, 0.15) is 5.82 Å². The van der Waals surface area contributed by atoms with Crippen LogP contribution in [0.15, 0.2) is 72.8 Å². The molecule has 0 saturated carbocycles. The molecular weight excluding hydrogens is 548 g/mol. The SMILES string of the molecule is C=C(C)C(=O)OCCCc1ccc(-c2ccc3c(sc4c(OC(F)(F)F)c(OC(=O)C(=C)C)ccc43)c2F)cc1. The van der Waals surface area contributed by atoms with Gasteiger partial charge in [0.15, 0.2) is 11.5 Å². The van der Waals surface area contributed by atoms with E-state index in [-0.39, 0.29) is 27.1 Å². The van der Waals surface area contributed by atoms with Crippen LogP contribution in [-0.4, -0.2) is 24.9 Å². The van der Waals surface area contributed by atoms with Gasteiger partial charge in [0.05, 0.1) is 16.0 Å². The quantitative estimate of drug-likeness (QED) is 0.0664. The first kappa shape index (κ1) is 28.8. The molecular formula is C30H24F4O5S. The standard InChI is InChI=1S/C30H24F4O5S/c1-16(2)28(35)37-15-5-6-18-7-9-19(10-8-18)20-11-12-21-22-13-14-23(38-29(36)17(3)4)25(39-30(32,33)34)27(22)40-26(21)24(20)31/h7-14H,1,3,5-6,15H2,2,4H3. The third-order valence-corrected chi connectivity index (χ3v) is 7.11. The van der Waals surface area contributed by atoms with E-state index in [9.17, 15) is 22.8 Å². The number of halogens is 4. The van der Waals surface area contributed by atoms with E-state index in [1.165, 1.54) is 19.1 Å². The summed E-state index contributed by atoms with van der Waals surface area (Å²) in [6.07, 6.45) is -3.83. The number of thiophene rings is 1. The van der Waals surface area contributed by atoms with Crippen LogP contribution in [0.3, 0.4) is 0 Å². The van der Waals surface area contributed by atoms with Crippen LogP contribution in [-0.2, 0) is 20.7 Å². The zero-order chi connectivity index (χ0) is 29.2. The number of hydrogen-bond acceptors (Lipinski definition) is 6. The number of rotatable bonds is 9. The number of ether oxygens (including phenoxy) is 3. The molecule has 0 aliphatic carbocycles. The van der Waals surface area contributed by atoms with Gasteiger partial charge in [-0.05, 0) is 49.9 Å². The van der Waals surface area contributed by atoms with Crippen molar-refractivity contribution in [2.45, 2.75) is 33.1 Å². The Balaban J connectivity index is 1.66. The first-order valence-electron chi connectivity index (χ1n) is 12.1. The number of hydrogen-bond donors (Lipinski definition) is 0. The summed E-state index contributed by atoms with van der Waals surface area (Å²) in [5.74, 6) is -3.13. The van der Waals surface area contributed by atoms with Crippen molar-refractivity contribution < 1.29 is 41.4 Å². The van der Waals surface area contributed by atoms with E-state index in [0.717, 1.165) is 16.9 Å². The van der Waals surface area contributed by atoms with Crippen molar-refractivity contribution in [3.8, 4) is 22.6 Å². The van der Waals surface area contributed by atoms with Crippen molar-refractivity contribution in [1.82, 2.24) is 0 Å². The molecule has 3 aromatic carbocycles. The van der Waals surface area contributed by atoms with Crippen molar-refractivity contribution in [2.24, 2.45) is 0 Å². The van der Waals surface area contributed by atoms with Crippen LogP contribution in [0.4, 0.5) is 17.6 Å². The van der Waals surface area contributed by atoms with Gasteiger partial charge in [-0.25, -0.2) is 14.0 Å². The smallest absolute Gasteiger partial charge is 0.462 e. The second-order valence-corrected chi connectivity index (χ2v) is 10.1. The minimum atomic E-state index is -5.08. The predicted molar refractivity (Wildman–Crippen MR) is 146 cm³/mol. The van der Waals surface area contributed by atoms with Gasteiger partial charge in [0.25, 0.3) is 0 Å². The van der Waals surface area contributed by atoms with E-state index in [4.69, 9.17) is 9.47 Å². The Kier molecular flexibility index (Phi) is 8.29. The lowest BCUT2D eigenvalue weighted by Crippen LogP contribution is -2.18. The van der Waals surface area contributed by atoms with Crippen molar-refractivity contribution in [1.29, 1.82) is 0 Å². The highest BCUT2D eigenvalue weighted by molar-refractivity contribution is 7.26. The van der Waals surface area contributed by atoms with E-state index in [2.05, 4.69) is 17.9 Å². The van der Waals surface area contributed by atoms with Crippen LogP contribution in [0, 0.1) is 5.82 Å². The van der Waals surface area contributed by atoms with E-state index in [1.807, 2.05) is 12.1 Å². The van der Waals surface area contributed by atoms with Crippen LogP contribution in [0.25, 0.3) is 31.3 Å². The molecule has 10 heteroatoms. The van der Waals surface area contributed by atoms with Crippen LogP contribution < -0.4 is 9.47 Å². The number of fused-ring (bicyclic) bond motifs is 3. The zero-order valence-electron chi connectivity index (χ0n) is 21.6. The average molecular weight is 573 g/mol. The van der Waals surface area contributed by atoms with Gasteiger partial charge in [-0.15, -0.1) is 24.5 Å². The number of alkyl halides is 3. The molecule has 1 aromatic heterocycles. The van der Waals surface area contributed by atoms with Gasteiger partial charge in [-0.2, -0.15) is 0 Å². The maximum absolute atomic E-state index is 15.8. The second-order valence-electron chi connectivity index (χ2n) is 9.11. The summed E-state index contributed by atoms with van der Waals surface area (Å²) in [6.45, 7) is 10.1. The summed E-state index contributed by atoms with van der Waals surface area (Å²) in [4.78, 5) is 23.5. The Morgan fingerprint density at radius 2 is 1.50 bits per heavy atom. The maximum atomic E-state index is 15.8. The lowest BCUT2D eigenvalue weighted by atomic mass is 10.0. The molecule has 0 bridgehead atoms. The molecule has 40 heavy (non-hydrogen) atoms. The largest absolute Gasteiger partial charge is 0.573 e. The third-order valence-electron chi connectivity index (χ3n) is 5.89. The monoisotopic (exact) mass is 572 g/mol. The Labute approximate surface area is 231 Å². The van der Waals surface area contributed by atoms with Crippen LogP contribution >= 0.6 is 11.3 Å². The summed E-state index contributed by atoms with van der Waals surface area (Å²) in [5.41, 5.74) is 2.13. The fourth-order valence-corrected chi connectivity index (χ4v) is 5.16. The molecule has 0 aliphatic heterocycles. The fraction of sp³-hybridized carbons (Fsp3) is 0.200. The Bertz CT molecular complexity index is 1630. The molecule has 0 fully saturated rings. The summed E-state index contributed by atoms with van der Waals surface area (Å²) < 4.78 is 70.1. The molecule has 1 heterocycles. The van der Waals surface area contributed by atoms with Gasteiger partial charge in [-0.1, -0.05) is 49.6 Å². The molecule has 0 unspecified atom stereocenters. The molecule has 0 aliphatic rings. The Morgan fingerprint density at radius 3 is 2.12 bits per heavy atom. The van der Waals surface area contributed by atoms with Crippen LogP contribution in [0.2, 0.25) is 0 Å². The molecule has 208 valence electrons. The Hall–Kier alpha value is -4.18. The molecule has 0 radical (unpaired) electrons. The molecule has 0 spiro atoms. The van der Waals surface area contributed by atoms with Gasteiger partial charge in [0.2, 0.25) is 0 Å². The fourth-order valence-electron chi connectivity index (χ4n) is 3.95. The first-order valence-corrected chi connectivity index (χ1v) is 12.9. The molecule has 4 aromatic rings. The highest BCUT2D eigenvalue weighted by atomic mass is 32.1. The summed E-state index contributed by atoms with van der Waals surface area (Å²) in [5, 5.41) is 0.717. The highest BCUT2D eigenvalue weighted by Crippen LogP contribution is 2.47. The summed E-state index contributed by atoms with van der Waals surface area (Å²) in [6, 6.07) is 13.0. The molecule has 5 nitrogen and oxygen atoms in total. The highest BCUT2D eigenvalue weighted by Gasteiger charge is 2.35. The van der Waals surface area contributed by atoms with Gasteiger partial charge < -0.3 is 14.2 Å². The third kappa shape index (κ3) is 6.34. The summed E-state index contributed by atoms with van der Waals surface area (Å²) >= 11 is 0.774. The van der Waals surface area contributed by atoms with E-state index >= 15 is 4.39 Å². The van der Waals surface area contributed by atoms with Crippen molar-refractivity contribution >= 4 is 43.4 Å².